The monoisotopic (exact) mass is 463 g/mol. The van der Waals surface area contributed by atoms with Gasteiger partial charge in [-0.3, -0.25) is 19.1 Å². The molecule has 0 saturated carbocycles. The number of amides is 1. The van der Waals surface area contributed by atoms with E-state index in [9.17, 15) is 22.8 Å². The van der Waals surface area contributed by atoms with Crippen LogP contribution in [-0.2, 0) is 33.9 Å². The van der Waals surface area contributed by atoms with Crippen LogP contribution in [-0.4, -0.2) is 44.7 Å². The predicted molar refractivity (Wildman–Crippen MR) is 120 cm³/mol. The van der Waals surface area contributed by atoms with Gasteiger partial charge in [-0.2, -0.15) is 0 Å². The number of carbonyl (C=O) groups excluding carboxylic acids is 3. The molecule has 3 unspecified atom stereocenters. The van der Waals surface area contributed by atoms with E-state index in [0.29, 0.717) is 0 Å². The van der Waals surface area contributed by atoms with Crippen molar-refractivity contribution in [3.8, 4) is 0 Å². The van der Waals surface area contributed by atoms with E-state index in [1.54, 1.807) is 4.72 Å². The Morgan fingerprint density at radius 3 is 1.74 bits per heavy atom. The molecule has 0 fully saturated rings. The van der Waals surface area contributed by atoms with Gasteiger partial charge in [0.2, 0.25) is 15.9 Å². The number of unbranched alkanes of at least 4 members (excludes halogenated alkanes) is 2. The second kappa shape index (κ2) is 16.1. The van der Waals surface area contributed by atoms with Crippen LogP contribution in [0.3, 0.4) is 0 Å². The zero-order valence-electron chi connectivity index (χ0n) is 19.8. The molecule has 0 radical (unpaired) electrons. The summed E-state index contributed by atoms with van der Waals surface area (Å²) in [5, 5.41) is -1.83. The van der Waals surface area contributed by atoms with Crippen LogP contribution in [0.5, 0.6) is 0 Å². The highest BCUT2D eigenvalue weighted by Crippen LogP contribution is 2.17. The number of nitrogens with one attached hydrogen (secondary N) is 1. The third kappa shape index (κ3) is 12.7. The van der Waals surface area contributed by atoms with Crippen molar-refractivity contribution in [2.24, 2.45) is 11.8 Å². The normalized spacial score (nSPS) is 14.4. The van der Waals surface area contributed by atoms with E-state index in [1.807, 2.05) is 13.8 Å². The lowest BCUT2D eigenvalue weighted by molar-refractivity contribution is -0.151. The molecule has 1 amide bonds. The maximum atomic E-state index is 12.6. The standard InChI is InChI=1S/C22H41NO7S/c1-6-10-12-18(8-3)15-29-21(25)14-20(31(27,28)23-17(5)24)22(26)30-16-19(9-4)13-11-7-2/h18-20H,6-16H2,1-5H3,(H,23,24). The number of sulfonamides is 1. The lowest BCUT2D eigenvalue weighted by atomic mass is 10.0. The van der Waals surface area contributed by atoms with E-state index in [1.165, 1.54) is 0 Å². The minimum absolute atomic E-state index is 0.0748. The topological polar surface area (TPSA) is 116 Å². The lowest BCUT2D eigenvalue weighted by Crippen LogP contribution is -2.44. The summed E-state index contributed by atoms with van der Waals surface area (Å²) in [6, 6.07) is 0. The average molecular weight is 464 g/mol. The van der Waals surface area contributed by atoms with Crippen molar-refractivity contribution in [1.29, 1.82) is 0 Å². The molecular formula is C22H41NO7S. The van der Waals surface area contributed by atoms with Gasteiger partial charge >= 0.3 is 11.9 Å². The molecule has 0 aromatic carbocycles. The Hall–Kier alpha value is -1.64. The van der Waals surface area contributed by atoms with E-state index in [0.717, 1.165) is 58.3 Å². The van der Waals surface area contributed by atoms with E-state index < -0.39 is 39.5 Å². The molecule has 0 bridgehead atoms. The summed E-state index contributed by atoms with van der Waals surface area (Å²) in [5.41, 5.74) is 0. The molecule has 0 rings (SSSR count). The van der Waals surface area contributed by atoms with Crippen molar-refractivity contribution in [2.45, 2.75) is 97.7 Å². The molecule has 0 aliphatic heterocycles. The van der Waals surface area contributed by atoms with E-state index in [2.05, 4.69) is 13.8 Å². The second-order valence-corrected chi connectivity index (χ2v) is 9.91. The fraction of sp³-hybridized carbons (Fsp3) is 0.864. The van der Waals surface area contributed by atoms with Crippen molar-refractivity contribution in [1.82, 2.24) is 4.72 Å². The van der Waals surface area contributed by atoms with Gasteiger partial charge in [0.15, 0.2) is 5.25 Å². The minimum atomic E-state index is -4.42. The van der Waals surface area contributed by atoms with Crippen LogP contribution < -0.4 is 4.72 Å². The van der Waals surface area contributed by atoms with Crippen LogP contribution in [0.2, 0.25) is 0 Å². The fourth-order valence-corrected chi connectivity index (χ4v) is 4.32. The van der Waals surface area contributed by atoms with Crippen molar-refractivity contribution >= 4 is 27.9 Å². The quantitative estimate of drug-likeness (QED) is 0.327. The molecule has 0 aromatic heterocycles. The Morgan fingerprint density at radius 2 is 1.32 bits per heavy atom. The van der Waals surface area contributed by atoms with Crippen LogP contribution in [0.15, 0.2) is 0 Å². The molecule has 9 heteroatoms. The summed E-state index contributed by atoms with van der Waals surface area (Å²) >= 11 is 0. The van der Waals surface area contributed by atoms with Crippen LogP contribution in [0, 0.1) is 11.8 Å². The zero-order valence-corrected chi connectivity index (χ0v) is 20.6. The summed E-state index contributed by atoms with van der Waals surface area (Å²) < 4.78 is 37.3. The van der Waals surface area contributed by atoms with Crippen LogP contribution in [0.1, 0.15) is 92.4 Å². The number of ether oxygens (including phenoxy) is 2. The van der Waals surface area contributed by atoms with E-state index in [-0.39, 0.29) is 25.0 Å². The first-order valence-electron chi connectivity index (χ1n) is 11.4. The fourth-order valence-electron chi connectivity index (χ4n) is 3.10. The van der Waals surface area contributed by atoms with Crippen LogP contribution in [0.4, 0.5) is 0 Å². The number of rotatable bonds is 17. The number of hydrogen-bond donors (Lipinski definition) is 1. The molecular weight excluding hydrogens is 422 g/mol. The highest BCUT2D eigenvalue weighted by atomic mass is 32.2. The summed E-state index contributed by atoms with van der Waals surface area (Å²) in [6.07, 6.45) is 6.72. The van der Waals surface area contributed by atoms with Gasteiger partial charge in [-0.15, -0.1) is 0 Å². The van der Waals surface area contributed by atoms with Crippen molar-refractivity contribution in [3.63, 3.8) is 0 Å². The maximum Gasteiger partial charge on any atom is 0.326 e. The molecule has 0 spiro atoms. The molecule has 0 aliphatic carbocycles. The van der Waals surface area contributed by atoms with Gasteiger partial charge < -0.3 is 9.47 Å². The van der Waals surface area contributed by atoms with Gasteiger partial charge in [0.25, 0.3) is 0 Å². The molecule has 1 N–H and O–H groups in total. The number of hydrogen-bond acceptors (Lipinski definition) is 7. The molecule has 0 aromatic rings. The summed E-state index contributed by atoms with van der Waals surface area (Å²) in [7, 11) is -4.42. The van der Waals surface area contributed by atoms with Crippen molar-refractivity contribution in [3.05, 3.63) is 0 Å². The Bertz CT molecular complexity index is 648. The first kappa shape index (κ1) is 29.4. The zero-order chi connectivity index (χ0) is 23.9. The Labute approximate surface area is 187 Å². The van der Waals surface area contributed by atoms with Crippen LogP contribution >= 0.6 is 0 Å². The van der Waals surface area contributed by atoms with Gasteiger partial charge in [-0.1, -0.05) is 66.2 Å². The van der Waals surface area contributed by atoms with Gasteiger partial charge in [0.1, 0.15) is 0 Å². The Balaban J connectivity index is 5.15. The highest BCUT2D eigenvalue weighted by Gasteiger charge is 2.38. The largest absolute Gasteiger partial charge is 0.465 e. The molecule has 0 aliphatic rings. The number of carbonyl (C=O) groups is 3. The van der Waals surface area contributed by atoms with Crippen LogP contribution in [0.25, 0.3) is 0 Å². The third-order valence-electron chi connectivity index (χ3n) is 5.30. The molecule has 0 heterocycles. The van der Waals surface area contributed by atoms with Crippen molar-refractivity contribution in [2.75, 3.05) is 13.2 Å². The minimum Gasteiger partial charge on any atom is -0.465 e. The predicted octanol–water partition coefficient (Wildman–Crippen LogP) is 3.73. The van der Waals surface area contributed by atoms with Gasteiger partial charge in [0, 0.05) is 6.92 Å². The first-order valence-corrected chi connectivity index (χ1v) is 13.0. The molecule has 182 valence electrons. The summed E-state index contributed by atoms with van der Waals surface area (Å²) in [6.45, 7) is 9.38. The Morgan fingerprint density at radius 1 is 0.839 bits per heavy atom. The maximum absolute atomic E-state index is 12.6. The van der Waals surface area contributed by atoms with E-state index >= 15 is 0 Å². The Kier molecular flexibility index (Phi) is 15.2. The SMILES string of the molecule is CCCCC(CC)COC(=O)CC(C(=O)OCC(CC)CCCC)S(=O)(=O)NC(C)=O. The summed E-state index contributed by atoms with van der Waals surface area (Å²) in [5.74, 6) is -2.39. The molecule has 31 heavy (non-hydrogen) atoms. The molecule has 3 atom stereocenters. The van der Waals surface area contributed by atoms with Gasteiger partial charge in [-0.25, -0.2) is 8.42 Å². The molecule has 8 nitrogen and oxygen atoms in total. The summed E-state index contributed by atoms with van der Waals surface area (Å²) in [4.78, 5) is 36.2. The van der Waals surface area contributed by atoms with Gasteiger partial charge in [-0.05, 0) is 24.7 Å². The molecule has 0 saturated heterocycles. The first-order chi connectivity index (χ1) is 14.6. The van der Waals surface area contributed by atoms with E-state index in [4.69, 9.17) is 9.47 Å². The number of esters is 2. The third-order valence-corrected chi connectivity index (χ3v) is 6.98. The average Bonchev–Trinajstić information content (AvgIpc) is 2.71. The van der Waals surface area contributed by atoms with Crippen molar-refractivity contribution < 1.29 is 32.3 Å². The van der Waals surface area contributed by atoms with Gasteiger partial charge in [0.05, 0.1) is 19.6 Å². The lowest BCUT2D eigenvalue weighted by Gasteiger charge is -2.20. The highest BCUT2D eigenvalue weighted by molar-refractivity contribution is 7.91. The smallest absolute Gasteiger partial charge is 0.326 e. The second-order valence-electron chi connectivity index (χ2n) is 8.04.